The van der Waals surface area contributed by atoms with Crippen molar-refractivity contribution < 1.29 is 18.8 Å². The number of carbonyl (C=O) groups excluding carboxylic acids is 1. The van der Waals surface area contributed by atoms with Gasteiger partial charge < -0.3 is 9.64 Å². The largest absolute Gasteiger partial charge is 0.385 e. The molecule has 1 rings (SSSR count). The van der Waals surface area contributed by atoms with Gasteiger partial charge in [0.15, 0.2) is 0 Å². The summed E-state index contributed by atoms with van der Waals surface area (Å²) < 4.78 is 18.5. The molecule has 0 fully saturated rings. The SMILES string of the molecule is COCCCN(C)C(=O)c1ccc([N+](=O)[O-])cc1F. The lowest BCUT2D eigenvalue weighted by molar-refractivity contribution is -0.385. The maximum Gasteiger partial charge on any atom is 0.272 e. The third kappa shape index (κ3) is 3.99. The molecule has 104 valence electrons. The number of rotatable bonds is 6. The van der Waals surface area contributed by atoms with Crippen LogP contribution in [0, 0.1) is 15.9 Å². The van der Waals surface area contributed by atoms with Gasteiger partial charge in [0.1, 0.15) is 5.82 Å². The minimum atomic E-state index is -0.891. The number of non-ortho nitro benzene ring substituents is 1. The van der Waals surface area contributed by atoms with Crippen LogP contribution in [-0.4, -0.2) is 43.0 Å². The quantitative estimate of drug-likeness (QED) is 0.449. The van der Waals surface area contributed by atoms with Crippen molar-refractivity contribution in [2.45, 2.75) is 6.42 Å². The van der Waals surface area contributed by atoms with Crippen molar-refractivity contribution >= 4 is 11.6 Å². The van der Waals surface area contributed by atoms with Gasteiger partial charge in [-0.25, -0.2) is 4.39 Å². The molecule has 0 radical (unpaired) electrons. The summed E-state index contributed by atoms with van der Waals surface area (Å²) in [5, 5.41) is 10.5. The summed E-state index contributed by atoms with van der Waals surface area (Å²) >= 11 is 0. The fraction of sp³-hybridized carbons (Fsp3) is 0.417. The summed E-state index contributed by atoms with van der Waals surface area (Å²) in [5.41, 5.74) is -0.554. The van der Waals surface area contributed by atoms with E-state index in [1.54, 1.807) is 14.2 Å². The van der Waals surface area contributed by atoms with Gasteiger partial charge in [0.2, 0.25) is 0 Å². The van der Waals surface area contributed by atoms with Crippen LogP contribution in [0.5, 0.6) is 0 Å². The second-order valence-corrected chi connectivity index (χ2v) is 3.99. The number of nitro groups is 1. The zero-order chi connectivity index (χ0) is 14.4. The first kappa shape index (κ1) is 15.0. The van der Waals surface area contributed by atoms with Gasteiger partial charge in [0.25, 0.3) is 11.6 Å². The Morgan fingerprint density at radius 2 is 2.21 bits per heavy atom. The Kier molecular flexibility index (Phi) is 5.37. The first-order chi connectivity index (χ1) is 8.97. The highest BCUT2D eigenvalue weighted by Gasteiger charge is 2.18. The van der Waals surface area contributed by atoms with Crippen LogP contribution in [0.15, 0.2) is 18.2 Å². The number of nitrogens with zero attached hydrogens (tertiary/aromatic N) is 2. The van der Waals surface area contributed by atoms with Gasteiger partial charge in [0, 0.05) is 33.4 Å². The average molecular weight is 270 g/mol. The first-order valence-electron chi connectivity index (χ1n) is 5.65. The van der Waals surface area contributed by atoms with Gasteiger partial charge in [-0.2, -0.15) is 0 Å². The Bertz CT molecular complexity index is 479. The topological polar surface area (TPSA) is 72.7 Å². The molecule has 0 bridgehead atoms. The summed E-state index contributed by atoms with van der Waals surface area (Å²) in [5.74, 6) is -1.40. The first-order valence-corrected chi connectivity index (χ1v) is 5.65. The second kappa shape index (κ2) is 6.79. The highest BCUT2D eigenvalue weighted by molar-refractivity contribution is 5.94. The lowest BCUT2D eigenvalue weighted by Crippen LogP contribution is -2.29. The Balaban J connectivity index is 2.79. The van der Waals surface area contributed by atoms with Crippen LogP contribution >= 0.6 is 0 Å². The molecule has 1 aromatic carbocycles. The van der Waals surface area contributed by atoms with Crippen LogP contribution in [0.3, 0.4) is 0 Å². The molecule has 19 heavy (non-hydrogen) atoms. The lowest BCUT2D eigenvalue weighted by atomic mass is 10.1. The smallest absolute Gasteiger partial charge is 0.272 e. The highest BCUT2D eigenvalue weighted by Crippen LogP contribution is 2.17. The van der Waals surface area contributed by atoms with E-state index in [9.17, 15) is 19.3 Å². The van der Waals surface area contributed by atoms with Crippen LogP contribution in [0.25, 0.3) is 0 Å². The standard InChI is InChI=1S/C12H15FN2O4/c1-14(6-3-7-19-2)12(16)10-5-4-9(15(17)18)8-11(10)13/h4-5,8H,3,6-7H2,1-2H3. The van der Waals surface area contributed by atoms with E-state index in [0.29, 0.717) is 19.6 Å². The molecule has 1 amide bonds. The molecular formula is C12H15FN2O4. The van der Waals surface area contributed by atoms with Gasteiger partial charge in [-0.05, 0) is 12.5 Å². The predicted octanol–water partition coefficient (Wildman–Crippen LogP) is 1.84. The van der Waals surface area contributed by atoms with Gasteiger partial charge in [-0.15, -0.1) is 0 Å². The van der Waals surface area contributed by atoms with Crippen molar-refractivity contribution in [2.75, 3.05) is 27.3 Å². The number of carbonyl (C=O) groups is 1. The monoisotopic (exact) mass is 270 g/mol. The van der Waals surface area contributed by atoms with Crippen molar-refractivity contribution in [3.8, 4) is 0 Å². The number of halogens is 1. The molecule has 0 aliphatic carbocycles. The van der Waals surface area contributed by atoms with Crippen molar-refractivity contribution in [1.29, 1.82) is 0 Å². The highest BCUT2D eigenvalue weighted by atomic mass is 19.1. The summed E-state index contributed by atoms with van der Waals surface area (Å²) in [7, 11) is 3.09. The van der Waals surface area contributed by atoms with Crippen molar-refractivity contribution in [3.63, 3.8) is 0 Å². The molecule has 6 nitrogen and oxygen atoms in total. The van der Waals surface area contributed by atoms with Crippen molar-refractivity contribution in [3.05, 3.63) is 39.7 Å². The van der Waals surface area contributed by atoms with Gasteiger partial charge in [0.05, 0.1) is 16.6 Å². The van der Waals surface area contributed by atoms with Crippen LogP contribution < -0.4 is 0 Å². The van der Waals surface area contributed by atoms with E-state index in [0.717, 1.165) is 18.2 Å². The van der Waals surface area contributed by atoms with Gasteiger partial charge >= 0.3 is 0 Å². The van der Waals surface area contributed by atoms with Crippen LogP contribution in [0.4, 0.5) is 10.1 Å². The molecule has 1 aromatic rings. The summed E-state index contributed by atoms with van der Waals surface area (Å²) in [6.07, 6.45) is 0.632. The summed E-state index contributed by atoms with van der Waals surface area (Å²) in [6, 6.07) is 2.98. The van der Waals surface area contributed by atoms with E-state index in [1.165, 1.54) is 4.90 Å². The molecule has 0 atom stereocenters. The zero-order valence-electron chi connectivity index (χ0n) is 10.8. The zero-order valence-corrected chi connectivity index (χ0v) is 10.8. The van der Waals surface area contributed by atoms with E-state index in [1.807, 2.05) is 0 Å². The fourth-order valence-corrected chi connectivity index (χ4v) is 1.54. The molecule has 0 spiro atoms. The van der Waals surface area contributed by atoms with Crippen LogP contribution in [0.1, 0.15) is 16.8 Å². The molecule has 0 saturated heterocycles. The average Bonchev–Trinajstić information content (AvgIpc) is 2.37. The van der Waals surface area contributed by atoms with Crippen molar-refractivity contribution in [2.24, 2.45) is 0 Å². The Labute approximate surface area is 109 Å². The normalized spacial score (nSPS) is 10.3. The third-order valence-corrected chi connectivity index (χ3v) is 2.58. The molecule has 0 N–H and O–H groups in total. The maximum absolute atomic E-state index is 13.6. The number of methoxy groups -OCH3 is 1. The van der Waals surface area contributed by atoms with Crippen molar-refractivity contribution in [1.82, 2.24) is 4.90 Å². The van der Waals surface area contributed by atoms with E-state index < -0.39 is 16.6 Å². The molecule has 0 aromatic heterocycles. The van der Waals surface area contributed by atoms with Crippen LogP contribution in [0.2, 0.25) is 0 Å². The van der Waals surface area contributed by atoms with E-state index in [4.69, 9.17) is 4.74 Å². The number of benzene rings is 1. The summed E-state index contributed by atoms with van der Waals surface area (Å²) in [6.45, 7) is 0.920. The van der Waals surface area contributed by atoms with Gasteiger partial charge in [-0.1, -0.05) is 0 Å². The number of nitro benzene ring substituents is 1. The van der Waals surface area contributed by atoms with E-state index >= 15 is 0 Å². The second-order valence-electron chi connectivity index (χ2n) is 3.99. The molecular weight excluding hydrogens is 255 g/mol. The molecule has 0 heterocycles. The minimum Gasteiger partial charge on any atom is -0.385 e. The summed E-state index contributed by atoms with van der Waals surface area (Å²) in [4.78, 5) is 23.0. The molecule has 0 aliphatic rings. The maximum atomic E-state index is 13.6. The molecule has 0 saturated carbocycles. The van der Waals surface area contributed by atoms with E-state index in [-0.39, 0.29) is 11.3 Å². The number of ether oxygens (including phenoxy) is 1. The number of hydrogen-bond acceptors (Lipinski definition) is 4. The Hall–Kier alpha value is -2.02. The third-order valence-electron chi connectivity index (χ3n) is 2.58. The Morgan fingerprint density at radius 3 is 2.74 bits per heavy atom. The molecule has 0 unspecified atom stereocenters. The number of hydrogen-bond donors (Lipinski definition) is 0. The predicted molar refractivity (Wildman–Crippen MR) is 66.5 cm³/mol. The minimum absolute atomic E-state index is 0.175. The fourth-order valence-electron chi connectivity index (χ4n) is 1.54. The molecule has 0 aliphatic heterocycles. The van der Waals surface area contributed by atoms with Crippen LogP contribution in [-0.2, 0) is 4.74 Å². The lowest BCUT2D eigenvalue weighted by Gasteiger charge is -2.17. The van der Waals surface area contributed by atoms with E-state index in [2.05, 4.69) is 0 Å². The number of amides is 1. The Morgan fingerprint density at radius 1 is 1.53 bits per heavy atom. The van der Waals surface area contributed by atoms with Gasteiger partial charge in [-0.3, -0.25) is 14.9 Å². The molecule has 7 heteroatoms.